The fraction of sp³-hybridized carbons (Fsp3) is 0.280. The van der Waals surface area contributed by atoms with Gasteiger partial charge in [-0.25, -0.2) is 4.39 Å². The molecule has 0 radical (unpaired) electrons. The Morgan fingerprint density at radius 1 is 1.10 bits per heavy atom. The van der Waals surface area contributed by atoms with Crippen LogP contribution in [0, 0.1) is 5.82 Å². The minimum atomic E-state index is -0.753. The van der Waals surface area contributed by atoms with Crippen LogP contribution in [0.5, 0.6) is 0 Å². The molecular formula is C25H24FNO4. The fourth-order valence-electron chi connectivity index (χ4n) is 4.11. The van der Waals surface area contributed by atoms with Crippen LogP contribution in [0.4, 0.5) is 4.39 Å². The summed E-state index contributed by atoms with van der Waals surface area (Å²) in [7, 11) is 0. The Kier molecular flexibility index (Phi) is 5.74. The van der Waals surface area contributed by atoms with Crippen molar-refractivity contribution in [3.63, 3.8) is 0 Å². The van der Waals surface area contributed by atoms with Gasteiger partial charge < -0.3 is 14.4 Å². The lowest BCUT2D eigenvalue weighted by molar-refractivity contribution is -0.156. The van der Waals surface area contributed by atoms with Crippen LogP contribution in [0.25, 0.3) is 28.0 Å². The molecule has 0 bridgehead atoms. The number of hydrogen-bond acceptors (Lipinski definition) is 4. The van der Waals surface area contributed by atoms with Crippen molar-refractivity contribution in [3.05, 3.63) is 76.5 Å². The number of carbonyl (C=O) groups is 1. The van der Waals surface area contributed by atoms with Crippen molar-refractivity contribution in [2.45, 2.75) is 44.9 Å². The van der Waals surface area contributed by atoms with Crippen LogP contribution in [0.15, 0.2) is 59.4 Å². The van der Waals surface area contributed by atoms with Crippen LogP contribution in [0.3, 0.4) is 0 Å². The van der Waals surface area contributed by atoms with Crippen LogP contribution >= 0.6 is 0 Å². The van der Waals surface area contributed by atoms with Crippen molar-refractivity contribution in [2.24, 2.45) is 0 Å². The summed E-state index contributed by atoms with van der Waals surface area (Å²) in [5, 5.41) is 11.2. The second kappa shape index (κ2) is 8.47. The summed E-state index contributed by atoms with van der Waals surface area (Å²) in [6.07, 6.45) is 2.42. The Hall–Kier alpha value is -3.25. The Labute approximate surface area is 179 Å². The monoisotopic (exact) mass is 421 g/mol. The van der Waals surface area contributed by atoms with Gasteiger partial charge in [-0.1, -0.05) is 30.3 Å². The van der Waals surface area contributed by atoms with Gasteiger partial charge in [-0.05, 0) is 55.1 Å². The van der Waals surface area contributed by atoms with E-state index < -0.39 is 18.2 Å². The molecular weight excluding hydrogens is 397 g/mol. The molecule has 1 N–H and O–H groups in total. The zero-order valence-electron chi connectivity index (χ0n) is 17.4. The first-order chi connectivity index (χ1) is 14.8. The minimum Gasteiger partial charge on any atom is -0.458 e. The van der Waals surface area contributed by atoms with Gasteiger partial charge in [-0.3, -0.25) is 9.59 Å². The molecule has 2 unspecified atom stereocenters. The molecule has 0 aliphatic carbocycles. The lowest BCUT2D eigenvalue weighted by Crippen LogP contribution is -2.31. The molecule has 0 amide bonds. The Bertz CT molecular complexity index is 1210. The standard InChI is InChI=1S/C25H24FNO4/c1-15(2)27-22(12-11-19-13-18(28)14-23(29)31-19)24(16-7-9-17(26)10-8-16)20-5-3-4-6-21(20)25(27)30/h3-12,15,18-19,28H,13-14H2,1-2H3. The summed E-state index contributed by atoms with van der Waals surface area (Å²) in [5.74, 6) is -0.794. The highest BCUT2D eigenvalue weighted by molar-refractivity contribution is 5.99. The summed E-state index contributed by atoms with van der Waals surface area (Å²) in [6, 6.07) is 13.4. The van der Waals surface area contributed by atoms with Gasteiger partial charge in [0.1, 0.15) is 11.9 Å². The fourth-order valence-corrected chi connectivity index (χ4v) is 4.11. The van der Waals surface area contributed by atoms with E-state index in [9.17, 15) is 19.1 Å². The lowest BCUT2D eigenvalue weighted by Gasteiger charge is -2.24. The first-order valence-corrected chi connectivity index (χ1v) is 10.3. The summed E-state index contributed by atoms with van der Waals surface area (Å²) in [6.45, 7) is 3.85. The van der Waals surface area contributed by atoms with Crippen LogP contribution in [-0.4, -0.2) is 27.9 Å². The maximum absolute atomic E-state index is 13.6. The number of hydrogen-bond donors (Lipinski definition) is 1. The Balaban J connectivity index is 1.97. The zero-order chi connectivity index (χ0) is 22.1. The average Bonchev–Trinajstić information content (AvgIpc) is 2.72. The number of aromatic nitrogens is 1. The van der Waals surface area contributed by atoms with Crippen molar-refractivity contribution in [1.29, 1.82) is 0 Å². The molecule has 1 aliphatic rings. The number of ether oxygens (including phenoxy) is 1. The van der Waals surface area contributed by atoms with E-state index >= 15 is 0 Å². The largest absolute Gasteiger partial charge is 0.458 e. The van der Waals surface area contributed by atoms with Gasteiger partial charge in [0.25, 0.3) is 5.56 Å². The number of halogens is 1. The van der Waals surface area contributed by atoms with Crippen molar-refractivity contribution in [2.75, 3.05) is 0 Å². The SMILES string of the molecule is CC(C)n1c(C=CC2CC(O)CC(=O)O2)c(-c2ccc(F)cc2)c2ccccc2c1=O. The topological polar surface area (TPSA) is 68.5 Å². The molecule has 5 nitrogen and oxygen atoms in total. The van der Waals surface area contributed by atoms with E-state index in [1.165, 1.54) is 12.1 Å². The molecule has 2 aromatic carbocycles. The number of esters is 1. The smallest absolute Gasteiger partial charge is 0.309 e. The second-order valence-corrected chi connectivity index (χ2v) is 8.06. The highest BCUT2D eigenvalue weighted by Crippen LogP contribution is 2.33. The van der Waals surface area contributed by atoms with E-state index in [0.717, 1.165) is 16.5 Å². The molecule has 1 aromatic heterocycles. The quantitative estimate of drug-likeness (QED) is 0.631. The molecule has 1 fully saturated rings. The summed E-state index contributed by atoms with van der Waals surface area (Å²) in [4.78, 5) is 25.0. The second-order valence-electron chi connectivity index (χ2n) is 8.06. The predicted octanol–water partition coefficient (Wildman–Crippen LogP) is 4.47. The van der Waals surface area contributed by atoms with Crippen molar-refractivity contribution < 1.29 is 19.0 Å². The molecule has 2 atom stereocenters. The summed E-state index contributed by atoms with van der Waals surface area (Å²) in [5.41, 5.74) is 2.08. The number of aliphatic hydroxyl groups excluding tert-OH is 1. The van der Waals surface area contributed by atoms with Gasteiger partial charge in [0.2, 0.25) is 0 Å². The maximum Gasteiger partial charge on any atom is 0.309 e. The summed E-state index contributed by atoms with van der Waals surface area (Å²) < 4.78 is 20.6. The maximum atomic E-state index is 13.6. The highest BCUT2D eigenvalue weighted by atomic mass is 19.1. The molecule has 3 aromatic rings. The van der Waals surface area contributed by atoms with Crippen LogP contribution < -0.4 is 5.56 Å². The number of rotatable bonds is 4. The summed E-state index contributed by atoms with van der Waals surface area (Å²) >= 11 is 0. The molecule has 1 saturated heterocycles. The van der Waals surface area contributed by atoms with E-state index in [4.69, 9.17) is 4.74 Å². The Morgan fingerprint density at radius 2 is 1.77 bits per heavy atom. The Morgan fingerprint density at radius 3 is 2.42 bits per heavy atom. The first kappa shape index (κ1) is 21.0. The third-order valence-electron chi connectivity index (χ3n) is 5.47. The lowest BCUT2D eigenvalue weighted by atomic mass is 9.95. The van der Waals surface area contributed by atoms with E-state index in [0.29, 0.717) is 17.5 Å². The van der Waals surface area contributed by atoms with Crippen LogP contribution in [0.2, 0.25) is 0 Å². The number of nitrogens with zero attached hydrogens (tertiary/aromatic N) is 1. The van der Waals surface area contributed by atoms with Gasteiger partial charge >= 0.3 is 5.97 Å². The number of aliphatic hydroxyl groups is 1. The average molecular weight is 421 g/mol. The third kappa shape index (κ3) is 4.16. The molecule has 4 rings (SSSR count). The van der Waals surface area contributed by atoms with E-state index in [1.54, 1.807) is 34.9 Å². The molecule has 1 aliphatic heterocycles. The number of carbonyl (C=O) groups excluding carboxylic acids is 1. The molecule has 160 valence electrons. The normalized spacial score (nSPS) is 19.3. The number of pyridine rings is 1. The molecule has 0 saturated carbocycles. The first-order valence-electron chi connectivity index (χ1n) is 10.3. The van der Waals surface area contributed by atoms with Crippen molar-refractivity contribution in [1.82, 2.24) is 4.57 Å². The highest BCUT2D eigenvalue weighted by Gasteiger charge is 2.26. The molecule has 6 heteroatoms. The number of benzene rings is 2. The van der Waals surface area contributed by atoms with E-state index in [1.807, 2.05) is 32.0 Å². The molecule has 31 heavy (non-hydrogen) atoms. The van der Waals surface area contributed by atoms with Crippen molar-refractivity contribution in [3.8, 4) is 11.1 Å². The minimum absolute atomic E-state index is 0.0160. The zero-order valence-corrected chi connectivity index (χ0v) is 17.4. The van der Waals surface area contributed by atoms with Crippen LogP contribution in [0.1, 0.15) is 38.4 Å². The molecule has 2 heterocycles. The van der Waals surface area contributed by atoms with Gasteiger partial charge in [-0.15, -0.1) is 0 Å². The number of fused-ring (bicyclic) bond motifs is 1. The number of cyclic esters (lactones) is 1. The van der Waals surface area contributed by atoms with Crippen LogP contribution in [-0.2, 0) is 9.53 Å². The molecule has 0 spiro atoms. The van der Waals surface area contributed by atoms with E-state index in [-0.39, 0.29) is 23.8 Å². The third-order valence-corrected chi connectivity index (χ3v) is 5.47. The van der Waals surface area contributed by atoms with Gasteiger partial charge in [0, 0.05) is 23.4 Å². The van der Waals surface area contributed by atoms with Gasteiger partial charge in [-0.2, -0.15) is 0 Å². The van der Waals surface area contributed by atoms with Gasteiger partial charge in [0.15, 0.2) is 0 Å². The van der Waals surface area contributed by atoms with E-state index in [2.05, 4.69) is 0 Å². The van der Waals surface area contributed by atoms with Gasteiger partial charge in [0.05, 0.1) is 18.2 Å². The predicted molar refractivity (Wildman–Crippen MR) is 118 cm³/mol. The van der Waals surface area contributed by atoms with Crippen molar-refractivity contribution >= 4 is 22.8 Å².